The van der Waals surface area contributed by atoms with E-state index in [0.717, 1.165) is 12.8 Å². The summed E-state index contributed by atoms with van der Waals surface area (Å²) in [6.45, 7) is -0.0495. The van der Waals surface area contributed by atoms with Crippen LogP contribution >= 0.6 is 18.2 Å². The highest BCUT2D eigenvalue weighted by Crippen LogP contribution is 2.53. The van der Waals surface area contributed by atoms with Crippen LogP contribution in [0.5, 0.6) is 5.75 Å². The van der Waals surface area contributed by atoms with Crippen LogP contribution in [0.25, 0.3) is 0 Å². The molecule has 1 aromatic carbocycles. The standard InChI is InChI=1S/C13H19ClNO5P/c1-3-4-10-18-15-11(2)13(16)20-21(14,17)19-12-8-6-5-7-9-12/h5-9,11,15H,3-4,10H2,1-2H3. The zero-order chi connectivity index (χ0) is 15.7. The highest BCUT2D eigenvalue weighted by atomic mass is 35.7. The second kappa shape index (κ2) is 9.05. The van der Waals surface area contributed by atoms with Gasteiger partial charge in [0.05, 0.1) is 6.61 Å². The average molecular weight is 336 g/mol. The predicted molar refractivity (Wildman–Crippen MR) is 80.1 cm³/mol. The maximum atomic E-state index is 11.9. The molecule has 2 unspecified atom stereocenters. The van der Waals surface area contributed by atoms with Gasteiger partial charge in [-0.15, -0.1) is 0 Å². The van der Waals surface area contributed by atoms with Crippen molar-refractivity contribution < 1.29 is 23.2 Å². The van der Waals surface area contributed by atoms with Gasteiger partial charge in [0, 0.05) is 11.2 Å². The average Bonchev–Trinajstić information content (AvgIpc) is 2.43. The predicted octanol–water partition coefficient (Wildman–Crippen LogP) is 3.67. The normalized spacial score (nSPS) is 15.0. The van der Waals surface area contributed by atoms with Crippen LogP contribution in [0.4, 0.5) is 0 Å². The minimum atomic E-state index is -4.04. The minimum Gasteiger partial charge on any atom is -0.405 e. The van der Waals surface area contributed by atoms with Crippen LogP contribution in [-0.2, 0) is 18.7 Å². The van der Waals surface area contributed by atoms with E-state index in [1.807, 2.05) is 6.92 Å². The first-order chi connectivity index (χ1) is 9.94. The first kappa shape index (κ1) is 18.0. The van der Waals surface area contributed by atoms with E-state index in [0.29, 0.717) is 6.61 Å². The summed E-state index contributed by atoms with van der Waals surface area (Å²) >= 11 is 5.62. The van der Waals surface area contributed by atoms with E-state index in [1.54, 1.807) is 30.3 Å². The summed E-state index contributed by atoms with van der Waals surface area (Å²) in [7, 11) is 0. The Morgan fingerprint density at radius 1 is 1.38 bits per heavy atom. The van der Waals surface area contributed by atoms with E-state index in [-0.39, 0.29) is 5.75 Å². The van der Waals surface area contributed by atoms with Crippen LogP contribution in [0.3, 0.4) is 0 Å². The summed E-state index contributed by atoms with van der Waals surface area (Å²) < 4.78 is 21.6. The molecule has 0 heterocycles. The Balaban J connectivity index is 2.43. The van der Waals surface area contributed by atoms with Crippen molar-refractivity contribution >= 4 is 24.2 Å². The van der Waals surface area contributed by atoms with E-state index in [4.69, 9.17) is 20.6 Å². The number of nitrogens with one attached hydrogen (secondary N) is 1. The van der Waals surface area contributed by atoms with E-state index in [9.17, 15) is 9.36 Å². The molecule has 0 saturated heterocycles. The number of carbonyl (C=O) groups excluding carboxylic acids is 1. The fourth-order valence-corrected chi connectivity index (χ4v) is 2.49. The quantitative estimate of drug-likeness (QED) is 0.421. The molecular formula is C13H19ClNO5P. The van der Waals surface area contributed by atoms with Crippen LogP contribution in [0.15, 0.2) is 30.3 Å². The Hall–Kier alpha value is -1.07. The molecule has 1 rings (SSSR count). The number of carbonyl (C=O) groups is 1. The Labute approximate surface area is 129 Å². The summed E-state index contributed by atoms with van der Waals surface area (Å²) in [6.07, 6.45) is 1.84. The first-order valence-electron chi connectivity index (χ1n) is 6.59. The fraction of sp³-hybridized carbons (Fsp3) is 0.462. The zero-order valence-corrected chi connectivity index (χ0v) is 13.6. The number of rotatable bonds is 9. The van der Waals surface area contributed by atoms with Gasteiger partial charge in [0.2, 0.25) is 0 Å². The molecule has 1 aromatic rings. The first-order valence-corrected chi connectivity index (χ1v) is 9.04. The van der Waals surface area contributed by atoms with Crippen molar-refractivity contribution in [3.8, 4) is 5.75 Å². The summed E-state index contributed by atoms with van der Waals surface area (Å²) in [6, 6.07) is 7.42. The van der Waals surface area contributed by atoms with E-state index in [1.165, 1.54) is 6.92 Å². The van der Waals surface area contributed by atoms with Crippen LogP contribution < -0.4 is 10.0 Å². The highest BCUT2D eigenvalue weighted by Gasteiger charge is 2.30. The van der Waals surface area contributed by atoms with Gasteiger partial charge >= 0.3 is 12.9 Å². The third-order valence-corrected chi connectivity index (χ3v) is 3.61. The summed E-state index contributed by atoms with van der Waals surface area (Å²) in [4.78, 5) is 16.8. The lowest BCUT2D eigenvalue weighted by molar-refractivity contribution is -0.140. The lowest BCUT2D eigenvalue weighted by Gasteiger charge is -2.16. The van der Waals surface area contributed by atoms with Gasteiger partial charge < -0.3 is 13.9 Å². The molecule has 0 aliphatic rings. The van der Waals surface area contributed by atoms with Crippen molar-refractivity contribution in [1.29, 1.82) is 0 Å². The molecule has 8 heteroatoms. The lowest BCUT2D eigenvalue weighted by Crippen LogP contribution is -2.35. The minimum absolute atomic E-state index is 0.253. The van der Waals surface area contributed by atoms with Crippen LogP contribution in [0.2, 0.25) is 0 Å². The molecule has 0 aliphatic heterocycles. The van der Waals surface area contributed by atoms with Gasteiger partial charge in [-0.3, -0.25) is 0 Å². The third-order valence-electron chi connectivity index (χ3n) is 2.37. The second-order valence-corrected chi connectivity index (χ2v) is 6.76. The fourth-order valence-electron chi connectivity index (χ4n) is 1.26. The molecule has 0 saturated carbocycles. The molecule has 0 aliphatic carbocycles. The Morgan fingerprint density at radius 3 is 2.67 bits per heavy atom. The van der Waals surface area contributed by atoms with Crippen molar-refractivity contribution in [2.45, 2.75) is 32.7 Å². The monoisotopic (exact) mass is 335 g/mol. The number of halogens is 1. The van der Waals surface area contributed by atoms with E-state index in [2.05, 4.69) is 10.0 Å². The topological polar surface area (TPSA) is 73.9 Å². The molecule has 0 fully saturated rings. The number of unbranched alkanes of at least 4 members (excludes halogenated alkanes) is 1. The summed E-state index contributed by atoms with van der Waals surface area (Å²) in [5.74, 6) is -0.566. The van der Waals surface area contributed by atoms with Crippen molar-refractivity contribution in [2.75, 3.05) is 6.61 Å². The van der Waals surface area contributed by atoms with Gasteiger partial charge in [-0.1, -0.05) is 31.5 Å². The number of hydroxylamine groups is 1. The Kier molecular flexibility index (Phi) is 7.75. The molecule has 0 amide bonds. The molecule has 21 heavy (non-hydrogen) atoms. The molecule has 0 aromatic heterocycles. The Morgan fingerprint density at radius 2 is 2.05 bits per heavy atom. The number of hydrogen-bond acceptors (Lipinski definition) is 6. The zero-order valence-electron chi connectivity index (χ0n) is 12.0. The molecule has 0 radical (unpaired) electrons. The van der Waals surface area contributed by atoms with Crippen molar-refractivity contribution in [1.82, 2.24) is 5.48 Å². The van der Waals surface area contributed by atoms with Gasteiger partial charge in [-0.2, -0.15) is 5.48 Å². The molecule has 6 nitrogen and oxygen atoms in total. The van der Waals surface area contributed by atoms with Crippen LogP contribution in [0, 0.1) is 0 Å². The van der Waals surface area contributed by atoms with Crippen molar-refractivity contribution in [2.24, 2.45) is 0 Å². The third kappa shape index (κ3) is 7.48. The highest BCUT2D eigenvalue weighted by molar-refractivity contribution is 7.82. The number of hydrogen-bond donors (Lipinski definition) is 1. The second-order valence-electron chi connectivity index (χ2n) is 4.29. The van der Waals surface area contributed by atoms with E-state index < -0.39 is 19.0 Å². The lowest BCUT2D eigenvalue weighted by atomic mass is 10.3. The number of para-hydroxylation sites is 1. The summed E-state index contributed by atoms with van der Waals surface area (Å²) in [5, 5.41) is 0. The van der Waals surface area contributed by atoms with E-state index >= 15 is 0 Å². The van der Waals surface area contributed by atoms with Gasteiger partial charge in [-0.25, -0.2) is 9.36 Å². The van der Waals surface area contributed by atoms with Crippen LogP contribution in [0.1, 0.15) is 26.7 Å². The SMILES string of the molecule is CCCCONC(C)C(=O)OP(=O)(Cl)Oc1ccccc1. The largest absolute Gasteiger partial charge is 0.532 e. The molecule has 2 atom stereocenters. The van der Waals surface area contributed by atoms with Gasteiger partial charge in [0.15, 0.2) is 0 Å². The molecule has 1 N–H and O–H groups in total. The van der Waals surface area contributed by atoms with Crippen molar-refractivity contribution in [3.05, 3.63) is 30.3 Å². The van der Waals surface area contributed by atoms with Gasteiger partial charge in [0.1, 0.15) is 11.8 Å². The van der Waals surface area contributed by atoms with Crippen LogP contribution in [-0.4, -0.2) is 18.6 Å². The number of benzene rings is 1. The van der Waals surface area contributed by atoms with Crippen molar-refractivity contribution in [3.63, 3.8) is 0 Å². The van der Waals surface area contributed by atoms with Gasteiger partial charge in [-0.05, 0) is 25.5 Å². The maximum Gasteiger partial charge on any atom is 0.532 e. The molecule has 0 spiro atoms. The molecule has 118 valence electrons. The smallest absolute Gasteiger partial charge is 0.405 e. The maximum absolute atomic E-state index is 11.9. The molecule has 0 bridgehead atoms. The summed E-state index contributed by atoms with van der Waals surface area (Å²) in [5.41, 5.74) is 2.49. The Bertz CT molecular complexity index is 485. The van der Waals surface area contributed by atoms with Gasteiger partial charge in [0.25, 0.3) is 0 Å². The molecular weight excluding hydrogens is 317 g/mol.